The van der Waals surface area contributed by atoms with Crippen LogP contribution in [0.15, 0.2) is 18.2 Å². The number of amides is 2. The lowest BCUT2D eigenvalue weighted by Gasteiger charge is -2.35. The lowest BCUT2D eigenvalue weighted by molar-refractivity contribution is 0.155. The Labute approximate surface area is 155 Å². The van der Waals surface area contributed by atoms with Crippen molar-refractivity contribution in [3.05, 3.63) is 29.6 Å². The average molecular weight is 363 g/mol. The van der Waals surface area contributed by atoms with Crippen LogP contribution in [0.1, 0.15) is 38.2 Å². The number of urea groups is 1. The molecule has 2 saturated heterocycles. The molecule has 2 aliphatic rings. The molecular weight excluding hydrogens is 333 g/mol. The van der Waals surface area contributed by atoms with Crippen LogP contribution in [0.4, 0.5) is 9.18 Å². The number of halogens is 1. The van der Waals surface area contributed by atoms with Crippen LogP contribution in [0.5, 0.6) is 5.75 Å². The molecule has 0 aliphatic carbocycles. The standard InChI is InChI=1S/C20H30FN3O2/c1-15-5-11-24(12-6-15)20(25)22-17-7-9-23(10-8-17)14-16-3-4-19(26-2)18(21)13-16/h3-4,13,15,17H,5-12,14H2,1-2H3,(H,22,25). The molecule has 0 spiro atoms. The second-order valence-electron chi connectivity index (χ2n) is 7.64. The number of ether oxygens (including phenoxy) is 1. The van der Waals surface area contributed by atoms with Crippen molar-refractivity contribution in [2.24, 2.45) is 5.92 Å². The van der Waals surface area contributed by atoms with Crippen LogP contribution in [-0.2, 0) is 6.54 Å². The summed E-state index contributed by atoms with van der Waals surface area (Å²) in [5.41, 5.74) is 0.952. The Hall–Kier alpha value is -1.82. The summed E-state index contributed by atoms with van der Waals surface area (Å²) in [5, 5.41) is 3.20. The summed E-state index contributed by atoms with van der Waals surface area (Å²) in [6.07, 6.45) is 4.08. The molecule has 144 valence electrons. The molecule has 0 radical (unpaired) electrons. The second kappa shape index (κ2) is 8.71. The van der Waals surface area contributed by atoms with Crippen LogP contribution in [0.3, 0.4) is 0 Å². The fraction of sp³-hybridized carbons (Fsp3) is 0.650. The van der Waals surface area contributed by atoms with Gasteiger partial charge in [0, 0.05) is 38.8 Å². The van der Waals surface area contributed by atoms with E-state index < -0.39 is 0 Å². The van der Waals surface area contributed by atoms with Gasteiger partial charge >= 0.3 is 6.03 Å². The zero-order valence-corrected chi connectivity index (χ0v) is 15.8. The largest absolute Gasteiger partial charge is 0.494 e. The molecular formula is C20H30FN3O2. The van der Waals surface area contributed by atoms with Gasteiger partial charge in [-0.1, -0.05) is 13.0 Å². The van der Waals surface area contributed by atoms with Crippen molar-refractivity contribution < 1.29 is 13.9 Å². The molecule has 2 fully saturated rings. The predicted octanol–water partition coefficient (Wildman–Crippen LogP) is 3.24. The molecule has 0 unspecified atom stereocenters. The van der Waals surface area contributed by atoms with Gasteiger partial charge in [-0.05, 0) is 49.3 Å². The maximum absolute atomic E-state index is 13.8. The topological polar surface area (TPSA) is 44.8 Å². The highest BCUT2D eigenvalue weighted by molar-refractivity contribution is 5.74. The third kappa shape index (κ3) is 4.87. The van der Waals surface area contributed by atoms with Crippen LogP contribution in [0, 0.1) is 11.7 Å². The Morgan fingerprint density at radius 3 is 2.50 bits per heavy atom. The third-order valence-corrected chi connectivity index (χ3v) is 5.61. The smallest absolute Gasteiger partial charge is 0.317 e. The quantitative estimate of drug-likeness (QED) is 0.893. The number of carbonyl (C=O) groups is 1. The fourth-order valence-corrected chi connectivity index (χ4v) is 3.78. The minimum Gasteiger partial charge on any atom is -0.494 e. The third-order valence-electron chi connectivity index (χ3n) is 5.61. The van der Waals surface area contributed by atoms with Crippen molar-refractivity contribution in [3.63, 3.8) is 0 Å². The lowest BCUT2D eigenvalue weighted by Crippen LogP contribution is -2.50. The van der Waals surface area contributed by atoms with E-state index in [1.54, 1.807) is 12.1 Å². The van der Waals surface area contributed by atoms with Crippen molar-refractivity contribution in [1.29, 1.82) is 0 Å². The normalized spacial score (nSPS) is 20.2. The summed E-state index contributed by atoms with van der Waals surface area (Å²) >= 11 is 0. The van der Waals surface area contributed by atoms with Crippen LogP contribution in [0.25, 0.3) is 0 Å². The Bertz CT molecular complexity index is 609. The van der Waals surface area contributed by atoms with E-state index >= 15 is 0 Å². The predicted molar refractivity (Wildman–Crippen MR) is 99.8 cm³/mol. The maximum Gasteiger partial charge on any atom is 0.317 e. The number of nitrogens with one attached hydrogen (secondary N) is 1. The number of piperidine rings is 2. The zero-order valence-electron chi connectivity index (χ0n) is 15.8. The molecule has 6 heteroatoms. The molecule has 3 rings (SSSR count). The molecule has 0 atom stereocenters. The van der Waals surface area contributed by atoms with Gasteiger partial charge < -0.3 is 15.0 Å². The van der Waals surface area contributed by atoms with E-state index in [0.29, 0.717) is 0 Å². The van der Waals surface area contributed by atoms with Gasteiger partial charge in [0.2, 0.25) is 0 Å². The monoisotopic (exact) mass is 363 g/mol. The minimum atomic E-state index is -0.317. The summed E-state index contributed by atoms with van der Waals surface area (Å²) in [6, 6.07) is 5.46. The number of hydrogen-bond acceptors (Lipinski definition) is 3. The number of methoxy groups -OCH3 is 1. The fourth-order valence-electron chi connectivity index (χ4n) is 3.78. The molecule has 1 aromatic rings. The molecule has 2 aliphatic heterocycles. The second-order valence-corrected chi connectivity index (χ2v) is 7.64. The van der Waals surface area contributed by atoms with Gasteiger partial charge in [-0.15, -0.1) is 0 Å². The zero-order chi connectivity index (χ0) is 18.5. The van der Waals surface area contributed by atoms with Crippen LogP contribution in [0.2, 0.25) is 0 Å². The number of rotatable bonds is 4. The number of hydrogen-bond donors (Lipinski definition) is 1. The van der Waals surface area contributed by atoms with Gasteiger partial charge in [0.25, 0.3) is 0 Å². The molecule has 0 saturated carbocycles. The van der Waals surface area contributed by atoms with Crippen molar-refractivity contribution in [2.75, 3.05) is 33.3 Å². The van der Waals surface area contributed by atoms with E-state index in [-0.39, 0.29) is 23.6 Å². The summed E-state index contributed by atoms with van der Waals surface area (Å²) in [7, 11) is 1.47. The summed E-state index contributed by atoms with van der Waals surface area (Å²) in [5.74, 6) is 0.690. The van der Waals surface area contributed by atoms with Gasteiger partial charge in [-0.2, -0.15) is 0 Å². The highest BCUT2D eigenvalue weighted by Crippen LogP contribution is 2.21. The molecule has 5 nitrogen and oxygen atoms in total. The van der Waals surface area contributed by atoms with Crippen LogP contribution >= 0.6 is 0 Å². The van der Waals surface area contributed by atoms with E-state index in [9.17, 15) is 9.18 Å². The summed E-state index contributed by atoms with van der Waals surface area (Å²) in [6.45, 7) is 6.54. The first-order valence-corrected chi connectivity index (χ1v) is 9.65. The van der Waals surface area contributed by atoms with Crippen LogP contribution < -0.4 is 10.1 Å². The highest BCUT2D eigenvalue weighted by Gasteiger charge is 2.25. The van der Waals surface area contributed by atoms with Gasteiger partial charge in [0.15, 0.2) is 11.6 Å². The van der Waals surface area contributed by atoms with E-state index in [1.807, 2.05) is 11.0 Å². The highest BCUT2D eigenvalue weighted by atomic mass is 19.1. The van der Waals surface area contributed by atoms with Gasteiger partial charge in [-0.3, -0.25) is 4.90 Å². The van der Waals surface area contributed by atoms with Gasteiger partial charge in [0.1, 0.15) is 0 Å². The molecule has 2 amide bonds. The first-order chi connectivity index (χ1) is 12.5. The molecule has 1 aromatic carbocycles. The maximum atomic E-state index is 13.8. The first kappa shape index (κ1) is 19.0. The molecule has 0 aromatic heterocycles. The van der Waals surface area contributed by atoms with Crippen molar-refractivity contribution in [2.45, 2.75) is 45.2 Å². The summed E-state index contributed by atoms with van der Waals surface area (Å²) < 4.78 is 18.8. The number of carbonyl (C=O) groups excluding carboxylic acids is 1. The Balaban J connectivity index is 1.42. The lowest BCUT2D eigenvalue weighted by atomic mass is 9.99. The molecule has 0 bridgehead atoms. The molecule has 26 heavy (non-hydrogen) atoms. The number of nitrogens with zero attached hydrogens (tertiary/aromatic N) is 2. The Kier molecular flexibility index (Phi) is 6.35. The van der Waals surface area contributed by atoms with E-state index in [2.05, 4.69) is 17.1 Å². The Morgan fingerprint density at radius 2 is 1.88 bits per heavy atom. The number of benzene rings is 1. The van der Waals surface area contributed by atoms with Crippen LogP contribution in [-0.4, -0.2) is 55.2 Å². The van der Waals surface area contributed by atoms with E-state index in [1.165, 1.54) is 7.11 Å². The van der Waals surface area contributed by atoms with E-state index in [4.69, 9.17) is 4.74 Å². The molecule has 2 heterocycles. The Morgan fingerprint density at radius 1 is 1.19 bits per heavy atom. The minimum absolute atomic E-state index is 0.0903. The van der Waals surface area contributed by atoms with Crippen molar-refractivity contribution >= 4 is 6.03 Å². The SMILES string of the molecule is COc1ccc(CN2CCC(NC(=O)N3CCC(C)CC3)CC2)cc1F. The van der Waals surface area contributed by atoms with E-state index in [0.717, 1.165) is 69.9 Å². The van der Waals surface area contributed by atoms with Crippen molar-refractivity contribution in [1.82, 2.24) is 15.1 Å². The number of likely N-dealkylation sites (tertiary alicyclic amines) is 2. The van der Waals surface area contributed by atoms with Gasteiger partial charge in [0.05, 0.1) is 7.11 Å². The first-order valence-electron chi connectivity index (χ1n) is 9.65. The van der Waals surface area contributed by atoms with Gasteiger partial charge in [-0.25, -0.2) is 9.18 Å². The van der Waals surface area contributed by atoms with Crippen molar-refractivity contribution in [3.8, 4) is 5.75 Å². The average Bonchev–Trinajstić information content (AvgIpc) is 2.64. The molecule has 1 N–H and O–H groups in total. The summed E-state index contributed by atoms with van der Waals surface area (Å²) in [4.78, 5) is 16.7.